The molecule has 0 unspecified atom stereocenters. The molecule has 22 heavy (non-hydrogen) atoms. The zero-order valence-corrected chi connectivity index (χ0v) is 12.6. The van der Waals surface area contributed by atoms with Crippen molar-refractivity contribution in [3.05, 3.63) is 65.2 Å². The zero-order chi connectivity index (χ0) is 15.9. The maximum Gasteiger partial charge on any atom is 0.319 e. The summed E-state index contributed by atoms with van der Waals surface area (Å²) in [6.07, 6.45) is 0. The minimum absolute atomic E-state index is 0.191. The Labute approximate surface area is 129 Å². The molecule has 0 aromatic heterocycles. The van der Waals surface area contributed by atoms with Crippen LogP contribution < -0.4 is 16.0 Å². The number of amides is 3. The number of anilines is 1. The molecular formula is C17H19N3O2. The van der Waals surface area contributed by atoms with Crippen LogP contribution in [0.5, 0.6) is 0 Å². The quantitative estimate of drug-likeness (QED) is 0.812. The molecular weight excluding hydrogens is 278 g/mol. The number of rotatable bonds is 4. The Morgan fingerprint density at radius 2 is 1.82 bits per heavy atom. The second-order valence-electron chi connectivity index (χ2n) is 4.89. The van der Waals surface area contributed by atoms with Gasteiger partial charge in [0.15, 0.2) is 0 Å². The number of urea groups is 1. The number of hydrogen-bond donors (Lipinski definition) is 3. The Hall–Kier alpha value is -2.82. The van der Waals surface area contributed by atoms with Crippen molar-refractivity contribution >= 4 is 17.6 Å². The van der Waals surface area contributed by atoms with Crippen LogP contribution in [-0.4, -0.2) is 19.0 Å². The highest BCUT2D eigenvalue weighted by Gasteiger charge is 2.06. The third-order valence-corrected chi connectivity index (χ3v) is 3.31. The molecule has 3 N–H and O–H groups in total. The van der Waals surface area contributed by atoms with Crippen molar-refractivity contribution in [2.45, 2.75) is 13.5 Å². The normalized spacial score (nSPS) is 9.91. The SMILES string of the molecule is CNC(=O)c1cccc(NC(=O)NCc2ccccc2C)c1. The van der Waals surface area contributed by atoms with Gasteiger partial charge < -0.3 is 16.0 Å². The van der Waals surface area contributed by atoms with E-state index in [1.165, 1.54) is 0 Å². The number of nitrogens with one attached hydrogen (secondary N) is 3. The van der Waals surface area contributed by atoms with E-state index in [2.05, 4.69) is 16.0 Å². The predicted molar refractivity (Wildman–Crippen MR) is 86.9 cm³/mol. The number of carbonyl (C=O) groups is 2. The molecule has 114 valence electrons. The maximum atomic E-state index is 11.9. The lowest BCUT2D eigenvalue weighted by Crippen LogP contribution is -2.28. The van der Waals surface area contributed by atoms with Gasteiger partial charge in [-0.2, -0.15) is 0 Å². The first-order valence-corrected chi connectivity index (χ1v) is 7.01. The lowest BCUT2D eigenvalue weighted by atomic mass is 10.1. The average molecular weight is 297 g/mol. The highest BCUT2D eigenvalue weighted by atomic mass is 16.2. The van der Waals surface area contributed by atoms with Crippen molar-refractivity contribution in [1.29, 1.82) is 0 Å². The Morgan fingerprint density at radius 3 is 2.55 bits per heavy atom. The molecule has 0 saturated carbocycles. The molecule has 5 heteroatoms. The van der Waals surface area contributed by atoms with Crippen LogP contribution in [0.15, 0.2) is 48.5 Å². The summed E-state index contributed by atoms with van der Waals surface area (Å²) in [5.41, 5.74) is 3.27. The van der Waals surface area contributed by atoms with E-state index in [9.17, 15) is 9.59 Å². The fourth-order valence-electron chi connectivity index (χ4n) is 2.04. The van der Waals surface area contributed by atoms with E-state index < -0.39 is 0 Å². The molecule has 0 spiro atoms. The fourth-order valence-corrected chi connectivity index (χ4v) is 2.04. The number of hydrogen-bond acceptors (Lipinski definition) is 2. The minimum Gasteiger partial charge on any atom is -0.355 e. The summed E-state index contributed by atoms with van der Waals surface area (Å²) in [7, 11) is 1.57. The minimum atomic E-state index is -0.308. The summed E-state index contributed by atoms with van der Waals surface area (Å²) in [5.74, 6) is -0.191. The van der Waals surface area contributed by atoms with E-state index >= 15 is 0 Å². The summed E-state index contributed by atoms with van der Waals surface area (Å²) >= 11 is 0. The standard InChI is InChI=1S/C17H19N3O2/c1-12-6-3-4-7-14(12)11-19-17(22)20-15-9-5-8-13(10-15)16(21)18-2/h3-10H,11H2,1-2H3,(H,18,21)(H2,19,20,22). The van der Waals surface area contributed by atoms with Crippen LogP contribution in [0.4, 0.5) is 10.5 Å². The van der Waals surface area contributed by atoms with Gasteiger partial charge >= 0.3 is 6.03 Å². The van der Waals surface area contributed by atoms with E-state index in [-0.39, 0.29) is 11.9 Å². The number of carbonyl (C=O) groups excluding carboxylic acids is 2. The third-order valence-electron chi connectivity index (χ3n) is 3.31. The van der Waals surface area contributed by atoms with Gasteiger partial charge in [0.25, 0.3) is 5.91 Å². The summed E-state index contributed by atoms with van der Waals surface area (Å²) < 4.78 is 0. The lowest BCUT2D eigenvalue weighted by molar-refractivity contribution is 0.0963. The average Bonchev–Trinajstić information content (AvgIpc) is 2.53. The van der Waals surface area contributed by atoms with E-state index in [4.69, 9.17) is 0 Å². The Kier molecular flexibility index (Phi) is 5.14. The van der Waals surface area contributed by atoms with Crippen molar-refractivity contribution in [3.8, 4) is 0 Å². The van der Waals surface area contributed by atoms with Crippen LogP contribution in [-0.2, 0) is 6.54 Å². The van der Waals surface area contributed by atoms with Gasteiger partial charge in [-0.1, -0.05) is 30.3 Å². The van der Waals surface area contributed by atoms with Crippen molar-refractivity contribution in [3.63, 3.8) is 0 Å². The smallest absolute Gasteiger partial charge is 0.319 e. The van der Waals surface area contributed by atoms with E-state index in [0.29, 0.717) is 17.8 Å². The molecule has 0 aliphatic rings. The second kappa shape index (κ2) is 7.26. The largest absolute Gasteiger partial charge is 0.355 e. The number of aryl methyl sites for hydroxylation is 1. The Morgan fingerprint density at radius 1 is 1.05 bits per heavy atom. The third kappa shape index (κ3) is 4.09. The van der Waals surface area contributed by atoms with Crippen LogP contribution in [0.3, 0.4) is 0 Å². The molecule has 5 nitrogen and oxygen atoms in total. The van der Waals surface area contributed by atoms with E-state index in [1.54, 1.807) is 31.3 Å². The molecule has 0 heterocycles. The molecule has 3 amide bonds. The van der Waals surface area contributed by atoms with Crippen molar-refractivity contribution in [2.75, 3.05) is 12.4 Å². The van der Waals surface area contributed by atoms with Crippen LogP contribution in [0.25, 0.3) is 0 Å². The molecule has 0 radical (unpaired) electrons. The number of benzene rings is 2. The molecule has 0 fully saturated rings. The topological polar surface area (TPSA) is 70.2 Å². The van der Waals surface area contributed by atoms with Gasteiger partial charge in [0.05, 0.1) is 0 Å². The summed E-state index contributed by atoms with van der Waals surface area (Å²) in [4.78, 5) is 23.5. The van der Waals surface area contributed by atoms with Crippen molar-refractivity contribution < 1.29 is 9.59 Å². The van der Waals surface area contributed by atoms with Gasteiger partial charge in [0.1, 0.15) is 0 Å². The molecule has 2 aromatic rings. The van der Waals surface area contributed by atoms with Gasteiger partial charge in [0, 0.05) is 24.8 Å². The van der Waals surface area contributed by atoms with Crippen LogP contribution in [0, 0.1) is 6.92 Å². The van der Waals surface area contributed by atoms with E-state index in [1.807, 2.05) is 31.2 Å². The van der Waals surface area contributed by atoms with Crippen LogP contribution >= 0.6 is 0 Å². The Balaban J connectivity index is 1.95. The molecule has 0 aliphatic carbocycles. The molecule has 0 atom stereocenters. The Bertz CT molecular complexity index is 683. The molecule has 2 rings (SSSR count). The highest BCUT2D eigenvalue weighted by Crippen LogP contribution is 2.11. The summed E-state index contributed by atoms with van der Waals surface area (Å²) in [5, 5.41) is 8.07. The highest BCUT2D eigenvalue weighted by molar-refractivity contribution is 5.96. The van der Waals surface area contributed by atoms with Gasteiger partial charge in [0.2, 0.25) is 0 Å². The van der Waals surface area contributed by atoms with Crippen molar-refractivity contribution in [2.24, 2.45) is 0 Å². The zero-order valence-electron chi connectivity index (χ0n) is 12.6. The molecule has 0 aliphatic heterocycles. The summed E-state index contributed by atoms with van der Waals surface area (Å²) in [6.45, 7) is 2.45. The monoisotopic (exact) mass is 297 g/mol. The molecule has 0 bridgehead atoms. The van der Waals surface area contributed by atoms with Crippen LogP contribution in [0.2, 0.25) is 0 Å². The van der Waals surface area contributed by atoms with Crippen LogP contribution in [0.1, 0.15) is 21.5 Å². The maximum absolute atomic E-state index is 11.9. The second-order valence-corrected chi connectivity index (χ2v) is 4.89. The first-order valence-electron chi connectivity index (χ1n) is 7.01. The van der Waals surface area contributed by atoms with E-state index in [0.717, 1.165) is 11.1 Å². The van der Waals surface area contributed by atoms with Gasteiger partial charge in [-0.3, -0.25) is 4.79 Å². The first kappa shape index (κ1) is 15.6. The lowest BCUT2D eigenvalue weighted by Gasteiger charge is -2.10. The van der Waals surface area contributed by atoms with Gasteiger partial charge in [-0.15, -0.1) is 0 Å². The van der Waals surface area contributed by atoms with Crippen molar-refractivity contribution in [1.82, 2.24) is 10.6 Å². The summed E-state index contributed by atoms with van der Waals surface area (Å²) in [6, 6.07) is 14.3. The molecule has 0 saturated heterocycles. The fraction of sp³-hybridized carbons (Fsp3) is 0.176. The molecule has 2 aromatic carbocycles. The predicted octanol–water partition coefficient (Wildman–Crippen LogP) is 2.68. The van der Waals surface area contributed by atoms with Gasteiger partial charge in [-0.05, 0) is 36.2 Å². The first-order chi connectivity index (χ1) is 10.6. The van der Waals surface area contributed by atoms with Gasteiger partial charge in [-0.25, -0.2) is 4.79 Å².